The molecule has 0 fully saturated rings. The molecular weight excluding hydrogens is 250 g/mol. The Morgan fingerprint density at radius 3 is 2.78 bits per heavy atom. The van der Waals surface area contributed by atoms with Crippen LogP contribution in [0.5, 0.6) is 0 Å². The average Bonchev–Trinajstić information content (AvgIpc) is 2.82. The second kappa shape index (κ2) is 5.12. The van der Waals surface area contributed by atoms with Crippen molar-refractivity contribution >= 4 is 11.6 Å². The van der Waals surface area contributed by atoms with Crippen molar-refractivity contribution < 1.29 is 0 Å². The molecule has 0 aliphatic rings. The highest BCUT2D eigenvalue weighted by molar-refractivity contribution is 6.31. The summed E-state index contributed by atoms with van der Waals surface area (Å²) in [5.74, 6) is 0. The first-order chi connectivity index (χ1) is 8.54. The summed E-state index contributed by atoms with van der Waals surface area (Å²) in [6, 6.07) is -0.291. The molecule has 18 heavy (non-hydrogen) atoms. The maximum absolute atomic E-state index is 6.31. The van der Waals surface area contributed by atoms with Crippen molar-refractivity contribution in [3.05, 3.63) is 34.4 Å². The third-order valence-corrected chi connectivity index (χ3v) is 3.24. The highest BCUT2D eigenvalue weighted by Gasteiger charge is 2.21. The zero-order valence-electron chi connectivity index (χ0n) is 10.9. The van der Waals surface area contributed by atoms with Crippen LogP contribution in [-0.4, -0.2) is 19.6 Å². The fourth-order valence-electron chi connectivity index (χ4n) is 2.14. The van der Waals surface area contributed by atoms with E-state index in [1.807, 2.05) is 24.9 Å². The first kappa shape index (κ1) is 13.1. The number of halogens is 1. The normalized spacial score (nSPS) is 12.9. The van der Waals surface area contributed by atoms with E-state index in [0.717, 1.165) is 29.9 Å². The zero-order valence-corrected chi connectivity index (χ0v) is 11.6. The first-order valence-corrected chi connectivity index (χ1v) is 6.39. The van der Waals surface area contributed by atoms with Crippen molar-refractivity contribution in [1.82, 2.24) is 19.6 Å². The van der Waals surface area contributed by atoms with E-state index in [4.69, 9.17) is 17.3 Å². The fraction of sp³-hybridized carbons (Fsp3) is 0.500. The minimum absolute atomic E-state index is 0.291. The van der Waals surface area contributed by atoms with Crippen LogP contribution in [0, 0.1) is 6.92 Å². The van der Waals surface area contributed by atoms with Crippen molar-refractivity contribution in [2.24, 2.45) is 12.8 Å². The van der Waals surface area contributed by atoms with Crippen LogP contribution in [0.4, 0.5) is 0 Å². The molecule has 0 aliphatic carbocycles. The summed E-state index contributed by atoms with van der Waals surface area (Å²) in [5, 5.41) is 9.19. The van der Waals surface area contributed by atoms with E-state index in [9.17, 15) is 0 Å². The molecule has 6 heteroatoms. The molecule has 2 aromatic heterocycles. The van der Waals surface area contributed by atoms with E-state index in [1.54, 1.807) is 10.9 Å². The van der Waals surface area contributed by atoms with Gasteiger partial charge < -0.3 is 5.73 Å². The predicted octanol–water partition coefficient (Wildman–Crippen LogP) is 2.04. The Kier molecular flexibility index (Phi) is 3.73. The number of hydrogen-bond acceptors (Lipinski definition) is 3. The third kappa shape index (κ3) is 2.28. The molecule has 0 amide bonds. The number of nitrogens with two attached hydrogens (primary N) is 1. The average molecular weight is 268 g/mol. The minimum Gasteiger partial charge on any atom is -0.319 e. The van der Waals surface area contributed by atoms with Crippen LogP contribution in [-0.2, 0) is 13.6 Å². The molecule has 0 bridgehead atoms. The lowest BCUT2D eigenvalue weighted by molar-refractivity contribution is 0.559. The molecular formula is C12H18ClN5. The van der Waals surface area contributed by atoms with E-state index in [2.05, 4.69) is 17.1 Å². The molecule has 2 aromatic rings. The van der Waals surface area contributed by atoms with E-state index < -0.39 is 0 Å². The van der Waals surface area contributed by atoms with Crippen LogP contribution in [0.25, 0.3) is 0 Å². The molecule has 0 saturated carbocycles. The van der Waals surface area contributed by atoms with Crippen LogP contribution in [0.2, 0.25) is 5.02 Å². The number of aromatic nitrogens is 4. The third-order valence-electron chi connectivity index (χ3n) is 2.95. The number of aryl methyl sites for hydroxylation is 3. The molecule has 1 atom stereocenters. The maximum atomic E-state index is 6.31. The van der Waals surface area contributed by atoms with Crippen molar-refractivity contribution in [2.75, 3.05) is 0 Å². The maximum Gasteiger partial charge on any atom is 0.0837 e. The van der Waals surface area contributed by atoms with E-state index in [0.29, 0.717) is 5.02 Å². The van der Waals surface area contributed by atoms with Gasteiger partial charge in [-0.15, -0.1) is 0 Å². The Balaban J connectivity index is 2.42. The largest absolute Gasteiger partial charge is 0.319 e. The first-order valence-electron chi connectivity index (χ1n) is 6.01. The quantitative estimate of drug-likeness (QED) is 0.922. The Morgan fingerprint density at radius 2 is 2.22 bits per heavy atom. The molecule has 0 aromatic carbocycles. The lowest BCUT2D eigenvalue weighted by Crippen LogP contribution is -2.18. The molecule has 0 spiro atoms. The van der Waals surface area contributed by atoms with E-state index in [1.165, 1.54) is 0 Å². The highest BCUT2D eigenvalue weighted by Crippen LogP contribution is 2.27. The topological polar surface area (TPSA) is 61.7 Å². The van der Waals surface area contributed by atoms with Crippen LogP contribution in [0.3, 0.4) is 0 Å². The standard InChI is InChI=1S/C12H18ClN5/c1-4-5-18-12(10(13)6-15-18)11(14)9-7-17(3)16-8(9)2/h6-7,11H,4-5,14H2,1-3H3. The van der Waals surface area contributed by atoms with Crippen LogP contribution in [0.15, 0.2) is 12.4 Å². The summed E-state index contributed by atoms with van der Waals surface area (Å²) in [5.41, 5.74) is 9.07. The van der Waals surface area contributed by atoms with Gasteiger partial charge in [-0.1, -0.05) is 18.5 Å². The van der Waals surface area contributed by atoms with Gasteiger partial charge >= 0.3 is 0 Å². The van der Waals surface area contributed by atoms with Crippen LogP contribution in [0.1, 0.15) is 36.3 Å². The second-order valence-electron chi connectivity index (χ2n) is 4.42. The molecule has 1 unspecified atom stereocenters. The summed E-state index contributed by atoms with van der Waals surface area (Å²) in [6.07, 6.45) is 4.57. The molecule has 0 radical (unpaired) electrons. The number of hydrogen-bond donors (Lipinski definition) is 1. The highest BCUT2D eigenvalue weighted by atomic mass is 35.5. The van der Waals surface area contributed by atoms with Gasteiger partial charge in [0.2, 0.25) is 0 Å². The lowest BCUT2D eigenvalue weighted by atomic mass is 10.1. The molecule has 2 N–H and O–H groups in total. The van der Waals surface area contributed by atoms with Gasteiger partial charge in [-0.05, 0) is 13.3 Å². The van der Waals surface area contributed by atoms with Crippen molar-refractivity contribution in [1.29, 1.82) is 0 Å². The van der Waals surface area contributed by atoms with Gasteiger partial charge in [0.15, 0.2) is 0 Å². The number of nitrogens with zero attached hydrogens (tertiary/aromatic N) is 4. The Hall–Kier alpha value is -1.33. The summed E-state index contributed by atoms with van der Waals surface area (Å²) < 4.78 is 3.64. The van der Waals surface area contributed by atoms with Crippen molar-refractivity contribution in [3.8, 4) is 0 Å². The number of rotatable bonds is 4. The zero-order chi connectivity index (χ0) is 13.3. The van der Waals surface area contributed by atoms with Gasteiger partial charge in [0.05, 0.1) is 28.6 Å². The predicted molar refractivity (Wildman–Crippen MR) is 71.5 cm³/mol. The van der Waals surface area contributed by atoms with Gasteiger partial charge in [0.1, 0.15) is 0 Å². The molecule has 5 nitrogen and oxygen atoms in total. The summed E-state index contributed by atoms with van der Waals surface area (Å²) >= 11 is 6.19. The fourth-order valence-corrected chi connectivity index (χ4v) is 2.40. The molecule has 0 aliphatic heterocycles. The molecule has 2 rings (SSSR count). The smallest absolute Gasteiger partial charge is 0.0837 e. The van der Waals surface area contributed by atoms with Gasteiger partial charge in [0.25, 0.3) is 0 Å². The van der Waals surface area contributed by atoms with Crippen molar-refractivity contribution in [2.45, 2.75) is 32.9 Å². The summed E-state index contributed by atoms with van der Waals surface area (Å²) in [6.45, 7) is 4.86. The Bertz CT molecular complexity index is 543. The van der Waals surface area contributed by atoms with Crippen LogP contribution >= 0.6 is 11.6 Å². The monoisotopic (exact) mass is 267 g/mol. The summed E-state index contributed by atoms with van der Waals surface area (Å²) in [7, 11) is 1.88. The Labute approximate surface area is 112 Å². The Morgan fingerprint density at radius 1 is 1.50 bits per heavy atom. The lowest BCUT2D eigenvalue weighted by Gasteiger charge is -2.14. The van der Waals surface area contributed by atoms with E-state index >= 15 is 0 Å². The van der Waals surface area contributed by atoms with Gasteiger partial charge in [-0.2, -0.15) is 10.2 Å². The van der Waals surface area contributed by atoms with Crippen LogP contribution < -0.4 is 5.73 Å². The van der Waals surface area contributed by atoms with Gasteiger partial charge in [-0.3, -0.25) is 9.36 Å². The second-order valence-corrected chi connectivity index (χ2v) is 4.83. The molecule has 0 saturated heterocycles. The minimum atomic E-state index is -0.291. The molecule has 2 heterocycles. The van der Waals surface area contributed by atoms with Crippen molar-refractivity contribution in [3.63, 3.8) is 0 Å². The van der Waals surface area contributed by atoms with E-state index in [-0.39, 0.29) is 6.04 Å². The van der Waals surface area contributed by atoms with Gasteiger partial charge in [-0.25, -0.2) is 0 Å². The SMILES string of the molecule is CCCn1ncc(Cl)c1C(N)c1cn(C)nc1C. The summed E-state index contributed by atoms with van der Waals surface area (Å²) in [4.78, 5) is 0. The molecule has 98 valence electrons. The van der Waals surface area contributed by atoms with Gasteiger partial charge in [0, 0.05) is 25.4 Å².